The van der Waals surface area contributed by atoms with Gasteiger partial charge in [-0.25, -0.2) is 9.37 Å². The van der Waals surface area contributed by atoms with E-state index >= 15 is 0 Å². The van der Waals surface area contributed by atoms with Crippen molar-refractivity contribution in [3.05, 3.63) is 47.8 Å². The minimum atomic E-state index is -0.395. The maximum Gasteiger partial charge on any atom is 0.131 e. The molecular formula is C14H16FN3O2. The maximum atomic E-state index is 13.3. The molecule has 1 heterocycles. The van der Waals surface area contributed by atoms with Gasteiger partial charge in [-0.3, -0.25) is 0 Å². The van der Waals surface area contributed by atoms with Gasteiger partial charge in [0.25, 0.3) is 0 Å². The van der Waals surface area contributed by atoms with Gasteiger partial charge in [-0.05, 0) is 26.0 Å². The molecule has 1 N–H and O–H groups in total. The number of ether oxygens (including phenoxy) is 1. The van der Waals surface area contributed by atoms with Crippen molar-refractivity contribution in [3.63, 3.8) is 0 Å². The van der Waals surface area contributed by atoms with Gasteiger partial charge in [-0.1, -0.05) is 5.16 Å². The Morgan fingerprint density at radius 2 is 2.30 bits per heavy atom. The minimum absolute atomic E-state index is 0.359. The summed E-state index contributed by atoms with van der Waals surface area (Å²) >= 11 is 0. The second-order valence-electron chi connectivity index (χ2n) is 4.34. The molecule has 0 aliphatic heterocycles. The van der Waals surface area contributed by atoms with E-state index in [-0.39, 0.29) is 0 Å². The molecule has 0 spiro atoms. The Morgan fingerprint density at radius 3 is 2.95 bits per heavy atom. The summed E-state index contributed by atoms with van der Waals surface area (Å²) < 4.78 is 20.8. The number of rotatable bonds is 5. The minimum Gasteiger partial charge on any atom is -0.491 e. The molecule has 0 atom stereocenters. The third-order valence-electron chi connectivity index (χ3n) is 3.00. The molecule has 1 aromatic carbocycles. The summed E-state index contributed by atoms with van der Waals surface area (Å²) in [5.74, 6) is 0.854. The smallest absolute Gasteiger partial charge is 0.131 e. The summed E-state index contributed by atoms with van der Waals surface area (Å²) in [6.07, 6.45) is 3.57. The van der Waals surface area contributed by atoms with Gasteiger partial charge in [-0.2, -0.15) is 0 Å². The highest BCUT2D eigenvalue weighted by Gasteiger charge is 2.09. The molecule has 0 radical (unpaired) electrons. The second kappa shape index (κ2) is 6.18. The molecule has 0 saturated carbocycles. The number of oxime groups is 1. The highest BCUT2D eigenvalue weighted by Crippen LogP contribution is 2.21. The van der Waals surface area contributed by atoms with Crippen LogP contribution in [0.4, 0.5) is 4.39 Å². The monoisotopic (exact) mass is 277 g/mol. The normalized spacial score (nSPS) is 11.7. The molecule has 6 heteroatoms. The van der Waals surface area contributed by atoms with E-state index < -0.39 is 5.82 Å². The summed E-state index contributed by atoms with van der Waals surface area (Å²) in [7, 11) is 0. The van der Waals surface area contributed by atoms with E-state index in [0.717, 1.165) is 5.82 Å². The van der Waals surface area contributed by atoms with Crippen LogP contribution in [0.15, 0.2) is 35.7 Å². The Labute approximate surface area is 116 Å². The number of benzene rings is 1. The SMILES string of the molecule is CC(=NO)c1ccc(F)cc1OCCn1ccnc1C. The van der Waals surface area contributed by atoms with E-state index in [1.54, 1.807) is 13.1 Å². The van der Waals surface area contributed by atoms with Crippen LogP contribution in [0.2, 0.25) is 0 Å². The Balaban J connectivity index is 2.09. The lowest BCUT2D eigenvalue weighted by molar-refractivity contribution is 0.294. The van der Waals surface area contributed by atoms with Crippen molar-refractivity contribution in [1.82, 2.24) is 9.55 Å². The molecule has 106 valence electrons. The van der Waals surface area contributed by atoms with Crippen molar-refractivity contribution in [2.75, 3.05) is 6.61 Å². The Bertz CT molecular complexity index is 623. The molecule has 0 unspecified atom stereocenters. The van der Waals surface area contributed by atoms with Gasteiger partial charge >= 0.3 is 0 Å². The molecule has 0 aliphatic rings. The van der Waals surface area contributed by atoms with Crippen LogP contribution in [-0.4, -0.2) is 27.1 Å². The Kier molecular flexibility index (Phi) is 4.34. The van der Waals surface area contributed by atoms with Crippen LogP contribution in [0.3, 0.4) is 0 Å². The largest absolute Gasteiger partial charge is 0.491 e. The quantitative estimate of drug-likeness (QED) is 0.519. The molecular weight excluding hydrogens is 261 g/mol. The summed E-state index contributed by atoms with van der Waals surface area (Å²) in [4.78, 5) is 4.11. The maximum absolute atomic E-state index is 13.3. The van der Waals surface area contributed by atoms with Crippen LogP contribution in [0, 0.1) is 12.7 Å². The molecule has 0 bridgehead atoms. The number of halogens is 1. The predicted octanol–water partition coefficient (Wildman–Crippen LogP) is 2.61. The first kappa shape index (κ1) is 14.0. The summed E-state index contributed by atoms with van der Waals surface area (Å²) in [5, 5.41) is 11.9. The zero-order valence-corrected chi connectivity index (χ0v) is 11.4. The van der Waals surface area contributed by atoms with Crippen LogP contribution in [0.1, 0.15) is 18.3 Å². The van der Waals surface area contributed by atoms with E-state index in [1.807, 2.05) is 17.7 Å². The summed E-state index contributed by atoms with van der Waals surface area (Å²) in [6, 6.07) is 4.11. The van der Waals surface area contributed by atoms with Gasteiger partial charge in [0.15, 0.2) is 0 Å². The number of aromatic nitrogens is 2. The number of hydrogen-bond acceptors (Lipinski definition) is 4. The molecule has 2 rings (SSSR count). The van der Waals surface area contributed by atoms with E-state index in [0.29, 0.717) is 30.2 Å². The van der Waals surface area contributed by atoms with Gasteiger partial charge in [0, 0.05) is 24.0 Å². The van der Waals surface area contributed by atoms with Crippen LogP contribution < -0.4 is 4.74 Å². The number of imidazole rings is 1. The molecule has 0 fully saturated rings. The average Bonchev–Trinajstić information content (AvgIpc) is 2.84. The van der Waals surface area contributed by atoms with E-state index in [2.05, 4.69) is 10.1 Å². The lowest BCUT2D eigenvalue weighted by Gasteiger charge is -2.12. The molecule has 2 aromatic rings. The molecule has 1 aromatic heterocycles. The van der Waals surface area contributed by atoms with Gasteiger partial charge in [-0.15, -0.1) is 0 Å². The summed E-state index contributed by atoms with van der Waals surface area (Å²) in [5.41, 5.74) is 0.940. The van der Waals surface area contributed by atoms with E-state index in [1.165, 1.54) is 18.2 Å². The van der Waals surface area contributed by atoms with Gasteiger partial charge < -0.3 is 14.5 Å². The van der Waals surface area contributed by atoms with Crippen molar-refractivity contribution in [3.8, 4) is 5.75 Å². The molecule has 20 heavy (non-hydrogen) atoms. The van der Waals surface area contributed by atoms with Gasteiger partial charge in [0.1, 0.15) is 24.0 Å². The average molecular weight is 277 g/mol. The standard InChI is InChI=1S/C14H16FN3O2/c1-10(17-19)13-4-3-12(15)9-14(13)20-8-7-18-6-5-16-11(18)2/h3-6,9,19H,7-8H2,1-2H3. The van der Waals surface area contributed by atoms with Crippen molar-refractivity contribution in [2.24, 2.45) is 5.16 Å². The number of nitrogens with zero attached hydrogens (tertiary/aromatic N) is 3. The third-order valence-corrected chi connectivity index (χ3v) is 3.00. The van der Waals surface area contributed by atoms with Crippen LogP contribution in [-0.2, 0) is 6.54 Å². The zero-order valence-electron chi connectivity index (χ0n) is 11.4. The fourth-order valence-electron chi connectivity index (χ4n) is 1.86. The van der Waals surface area contributed by atoms with Crippen molar-refractivity contribution in [2.45, 2.75) is 20.4 Å². The topological polar surface area (TPSA) is 59.6 Å². The van der Waals surface area contributed by atoms with Crippen molar-refractivity contribution in [1.29, 1.82) is 0 Å². The van der Waals surface area contributed by atoms with Crippen molar-refractivity contribution < 1.29 is 14.3 Å². The third kappa shape index (κ3) is 3.14. The van der Waals surface area contributed by atoms with Gasteiger partial charge in [0.05, 0.1) is 12.3 Å². The van der Waals surface area contributed by atoms with Gasteiger partial charge in [0.2, 0.25) is 0 Å². The molecule has 0 aliphatic carbocycles. The predicted molar refractivity (Wildman–Crippen MR) is 72.9 cm³/mol. The summed E-state index contributed by atoms with van der Waals surface area (Å²) in [6.45, 7) is 4.50. The molecule has 0 amide bonds. The highest BCUT2D eigenvalue weighted by atomic mass is 19.1. The second-order valence-corrected chi connectivity index (χ2v) is 4.34. The first-order chi connectivity index (χ1) is 9.61. The number of hydrogen-bond donors (Lipinski definition) is 1. The lowest BCUT2D eigenvalue weighted by atomic mass is 10.1. The lowest BCUT2D eigenvalue weighted by Crippen LogP contribution is -2.11. The Morgan fingerprint density at radius 1 is 1.50 bits per heavy atom. The first-order valence-electron chi connectivity index (χ1n) is 6.21. The van der Waals surface area contributed by atoms with E-state index in [9.17, 15) is 4.39 Å². The Hall–Kier alpha value is -2.37. The highest BCUT2D eigenvalue weighted by molar-refractivity contribution is 6.00. The van der Waals surface area contributed by atoms with E-state index in [4.69, 9.17) is 9.94 Å². The fourth-order valence-corrected chi connectivity index (χ4v) is 1.86. The van der Waals surface area contributed by atoms with Crippen LogP contribution >= 0.6 is 0 Å². The van der Waals surface area contributed by atoms with Crippen LogP contribution in [0.5, 0.6) is 5.75 Å². The zero-order chi connectivity index (χ0) is 14.5. The fraction of sp³-hybridized carbons (Fsp3) is 0.286. The molecule has 5 nitrogen and oxygen atoms in total. The van der Waals surface area contributed by atoms with Crippen LogP contribution in [0.25, 0.3) is 0 Å². The number of aryl methyl sites for hydroxylation is 1. The molecule has 0 saturated heterocycles. The first-order valence-corrected chi connectivity index (χ1v) is 6.21. The van der Waals surface area contributed by atoms with Crippen molar-refractivity contribution >= 4 is 5.71 Å².